The maximum atomic E-state index is 11.3. The highest BCUT2D eigenvalue weighted by atomic mass is 35.5. The molecule has 0 radical (unpaired) electrons. The van der Waals surface area contributed by atoms with Crippen LogP contribution in [0.15, 0.2) is 10.9 Å². The fourth-order valence-corrected chi connectivity index (χ4v) is 1.57. The van der Waals surface area contributed by atoms with Crippen molar-refractivity contribution in [2.45, 2.75) is 13.3 Å². The summed E-state index contributed by atoms with van der Waals surface area (Å²) in [5.74, 6) is -1.11. The summed E-state index contributed by atoms with van der Waals surface area (Å²) in [5, 5.41) is 8.94. The van der Waals surface area contributed by atoms with Crippen molar-refractivity contribution >= 4 is 17.6 Å². The molecule has 1 aromatic heterocycles. The quantitative estimate of drug-likeness (QED) is 0.809. The number of aromatic carboxylic acids is 1. The molecule has 14 heavy (non-hydrogen) atoms. The molecule has 0 amide bonds. The highest BCUT2D eigenvalue weighted by Crippen LogP contribution is 2.12. The van der Waals surface area contributed by atoms with Gasteiger partial charge in [-0.2, -0.15) is 0 Å². The van der Waals surface area contributed by atoms with E-state index in [1.165, 1.54) is 13.1 Å². The molecule has 0 aliphatic rings. The zero-order chi connectivity index (χ0) is 10.9. The van der Waals surface area contributed by atoms with Gasteiger partial charge in [0.2, 0.25) is 0 Å². The van der Waals surface area contributed by atoms with Gasteiger partial charge in [0.05, 0.1) is 0 Å². The van der Waals surface area contributed by atoms with E-state index in [0.29, 0.717) is 12.0 Å². The summed E-state index contributed by atoms with van der Waals surface area (Å²) in [6, 6.07) is 1.41. The maximum Gasteiger partial charge on any atom is 0.352 e. The number of pyridine rings is 1. The van der Waals surface area contributed by atoms with Crippen LogP contribution in [-0.2, 0) is 13.5 Å². The molecule has 0 aromatic carbocycles. The Bertz CT molecular complexity index is 436. The van der Waals surface area contributed by atoms with Gasteiger partial charge >= 0.3 is 5.97 Å². The molecule has 0 saturated heterocycles. The van der Waals surface area contributed by atoms with Crippen LogP contribution in [0.5, 0.6) is 0 Å². The second-order valence-electron chi connectivity index (χ2n) is 2.89. The van der Waals surface area contributed by atoms with Crippen molar-refractivity contribution in [3.05, 3.63) is 32.7 Å². The lowest BCUT2D eigenvalue weighted by Gasteiger charge is -2.09. The normalized spacial score (nSPS) is 10.2. The van der Waals surface area contributed by atoms with Crippen LogP contribution in [0.4, 0.5) is 0 Å². The number of carboxylic acid groups (broad SMARTS) is 1. The third-order valence-electron chi connectivity index (χ3n) is 2.03. The van der Waals surface area contributed by atoms with Gasteiger partial charge in [0.1, 0.15) is 10.7 Å². The van der Waals surface area contributed by atoms with Gasteiger partial charge in [0, 0.05) is 7.05 Å². The van der Waals surface area contributed by atoms with Gasteiger partial charge in [-0.05, 0) is 18.1 Å². The second-order valence-corrected chi connectivity index (χ2v) is 3.30. The third-order valence-corrected chi connectivity index (χ3v) is 2.30. The average Bonchev–Trinajstić information content (AvgIpc) is 2.12. The number of halogens is 1. The van der Waals surface area contributed by atoms with Crippen LogP contribution >= 0.6 is 11.6 Å². The van der Waals surface area contributed by atoms with E-state index in [1.807, 2.05) is 6.92 Å². The first-order chi connectivity index (χ1) is 6.49. The molecule has 1 N–H and O–H groups in total. The van der Waals surface area contributed by atoms with Gasteiger partial charge in [-0.1, -0.05) is 18.5 Å². The summed E-state index contributed by atoms with van der Waals surface area (Å²) in [5.41, 5.74) is 0.0766. The average molecular weight is 216 g/mol. The number of nitrogens with zero attached hydrogens (tertiary/aromatic N) is 1. The van der Waals surface area contributed by atoms with Gasteiger partial charge in [-0.15, -0.1) is 0 Å². The predicted molar refractivity (Wildman–Crippen MR) is 53.0 cm³/mol. The summed E-state index contributed by atoms with van der Waals surface area (Å²) in [6.45, 7) is 1.81. The Kier molecular flexibility index (Phi) is 2.96. The molecule has 0 aliphatic carbocycles. The highest BCUT2D eigenvalue weighted by Gasteiger charge is 2.15. The van der Waals surface area contributed by atoms with Crippen LogP contribution in [0.25, 0.3) is 0 Å². The standard InChI is InChI=1S/C9H10ClNO3/c1-3-5-4-6(10)8(12)11(2)7(5)9(13)14/h4H,3H2,1-2H3,(H,13,14). The van der Waals surface area contributed by atoms with Crippen molar-refractivity contribution in [1.29, 1.82) is 0 Å². The van der Waals surface area contributed by atoms with Crippen LogP contribution in [0.1, 0.15) is 23.0 Å². The van der Waals surface area contributed by atoms with Crippen molar-refractivity contribution in [2.75, 3.05) is 0 Å². The zero-order valence-corrected chi connectivity index (χ0v) is 8.63. The number of rotatable bonds is 2. The molecule has 0 bridgehead atoms. The molecule has 0 spiro atoms. The minimum absolute atomic E-state index is 0.00176. The lowest BCUT2D eigenvalue weighted by Crippen LogP contribution is -2.25. The Labute approximate surface area is 85.7 Å². The molecule has 0 atom stereocenters. The predicted octanol–water partition coefficient (Wildman–Crippen LogP) is 1.30. The number of carbonyl (C=O) groups is 1. The highest BCUT2D eigenvalue weighted by molar-refractivity contribution is 6.30. The Balaban J connectivity index is 3.61. The minimum Gasteiger partial charge on any atom is -0.477 e. The molecule has 0 unspecified atom stereocenters. The topological polar surface area (TPSA) is 59.3 Å². The lowest BCUT2D eigenvalue weighted by atomic mass is 10.1. The van der Waals surface area contributed by atoms with Crippen molar-refractivity contribution < 1.29 is 9.90 Å². The van der Waals surface area contributed by atoms with E-state index >= 15 is 0 Å². The molecule has 4 nitrogen and oxygen atoms in total. The lowest BCUT2D eigenvalue weighted by molar-refractivity contribution is 0.0683. The fraction of sp³-hybridized carbons (Fsp3) is 0.333. The Morgan fingerprint density at radius 2 is 2.21 bits per heavy atom. The van der Waals surface area contributed by atoms with Crippen LogP contribution in [0.3, 0.4) is 0 Å². The zero-order valence-electron chi connectivity index (χ0n) is 7.87. The van der Waals surface area contributed by atoms with Gasteiger partial charge < -0.3 is 9.67 Å². The Morgan fingerprint density at radius 1 is 1.64 bits per heavy atom. The first-order valence-corrected chi connectivity index (χ1v) is 4.48. The largest absolute Gasteiger partial charge is 0.477 e. The smallest absolute Gasteiger partial charge is 0.352 e. The summed E-state index contributed by atoms with van der Waals surface area (Å²) < 4.78 is 1.06. The van der Waals surface area contributed by atoms with E-state index in [-0.39, 0.29) is 10.7 Å². The fourth-order valence-electron chi connectivity index (χ4n) is 1.31. The third kappa shape index (κ3) is 1.65. The van der Waals surface area contributed by atoms with E-state index in [1.54, 1.807) is 0 Å². The molecular formula is C9H10ClNO3. The first-order valence-electron chi connectivity index (χ1n) is 4.10. The Hall–Kier alpha value is -1.29. The van der Waals surface area contributed by atoms with Gasteiger partial charge in [0.15, 0.2) is 0 Å². The number of hydrogen-bond acceptors (Lipinski definition) is 2. The van der Waals surface area contributed by atoms with Crippen LogP contribution < -0.4 is 5.56 Å². The van der Waals surface area contributed by atoms with E-state index in [0.717, 1.165) is 4.57 Å². The second kappa shape index (κ2) is 3.84. The van der Waals surface area contributed by atoms with Gasteiger partial charge in [0.25, 0.3) is 5.56 Å². The Morgan fingerprint density at radius 3 is 2.64 bits per heavy atom. The molecule has 5 heteroatoms. The SMILES string of the molecule is CCc1cc(Cl)c(=O)n(C)c1C(=O)O. The molecule has 0 aliphatic heterocycles. The van der Waals surface area contributed by atoms with E-state index in [4.69, 9.17) is 16.7 Å². The molecule has 76 valence electrons. The summed E-state index contributed by atoms with van der Waals surface area (Å²) in [6.07, 6.45) is 0.523. The van der Waals surface area contributed by atoms with Crippen LogP contribution in [0.2, 0.25) is 5.02 Å². The number of aromatic nitrogens is 1. The van der Waals surface area contributed by atoms with Crippen molar-refractivity contribution in [3.63, 3.8) is 0 Å². The first kappa shape index (κ1) is 10.8. The summed E-state index contributed by atoms with van der Waals surface area (Å²) in [4.78, 5) is 22.2. The van der Waals surface area contributed by atoms with Crippen LogP contribution in [0, 0.1) is 0 Å². The molecular weight excluding hydrogens is 206 g/mol. The summed E-state index contributed by atoms with van der Waals surface area (Å²) in [7, 11) is 1.40. The molecule has 1 aromatic rings. The van der Waals surface area contributed by atoms with Crippen molar-refractivity contribution in [1.82, 2.24) is 4.57 Å². The minimum atomic E-state index is -1.11. The van der Waals surface area contributed by atoms with Gasteiger partial charge in [-0.3, -0.25) is 4.79 Å². The van der Waals surface area contributed by atoms with E-state index in [9.17, 15) is 9.59 Å². The maximum absolute atomic E-state index is 11.3. The number of aryl methyl sites for hydroxylation is 1. The van der Waals surface area contributed by atoms with Crippen LogP contribution in [-0.4, -0.2) is 15.6 Å². The molecule has 0 saturated carbocycles. The summed E-state index contributed by atoms with van der Waals surface area (Å²) >= 11 is 5.65. The number of hydrogen-bond donors (Lipinski definition) is 1. The molecule has 0 fully saturated rings. The number of carboxylic acids is 1. The van der Waals surface area contributed by atoms with E-state index < -0.39 is 11.5 Å². The molecule has 1 heterocycles. The van der Waals surface area contributed by atoms with Gasteiger partial charge in [-0.25, -0.2) is 4.79 Å². The molecule has 1 rings (SSSR count). The van der Waals surface area contributed by atoms with E-state index in [2.05, 4.69) is 0 Å². The van der Waals surface area contributed by atoms with Crippen molar-refractivity contribution in [3.8, 4) is 0 Å². The monoisotopic (exact) mass is 215 g/mol. The van der Waals surface area contributed by atoms with Crippen molar-refractivity contribution in [2.24, 2.45) is 7.05 Å².